The van der Waals surface area contributed by atoms with Crippen LogP contribution in [0.3, 0.4) is 0 Å². The Labute approximate surface area is 183 Å². The maximum Gasteiger partial charge on any atom is 0.417 e. The molecule has 0 N–H and O–H groups in total. The number of anilines is 1. The summed E-state index contributed by atoms with van der Waals surface area (Å²) in [5.41, 5.74) is -1.09. The van der Waals surface area contributed by atoms with Gasteiger partial charge in [-0.15, -0.1) is 0 Å². The minimum atomic E-state index is -0.789. The van der Waals surface area contributed by atoms with E-state index in [0.29, 0.717) is 0 Å². The average molecular weight is 443 g/mol. The highest BCUT2D eigenvalue weighted by Gasteiger charge is 2.27. The zero-order valence-electron chi connectivity index (χ0n) is 17.4. The van der Waals surface area contributed by atoms with Gasteiger partial charge in [0.2, 0.25) is 5.95 Å². The molecule has 3 aromatic rings. The molecule has 160 valence electrons. The van der Waals surface area contributed by atoms with Crippen molar-refractivity contribution >= 4 is 34.5 Å². The predicted molar refractivity (Wildman–Crippen MR) is 116 cm³/mol. The topological polar surface area (TPSA) is 88.2 Å². The van der Waals surface area contributed by atoms with Crippen molar-refractivity contribution in [2.75, 3.05) is 11.4 Å². The number of hydrogen-bond acceptors (Lipinski definition) is 5. The largest absolute Gasteiger partial charge is 0.443 e. The Morgan fingerprint density at radius 1 is 1.32 bits per heavy atom. The molecule has 1 heterocycles. The summed E-state index contributed by atoms with van der Waals surface area (Å²) in [4.78, 5) is 32.0. The second-order valence-electron chi connectivity index (χ2n) is 7.72. The van der Waals surface area contributed by atoms with E-state index in [0.717, 1.165) is 16.7 Å². The average Bonchev–Trinajstić information content (AvgIpc) is 2.66. The first-order chi connectivity index (χ1) is 14.6. The van der Waals surface area contributed by atoms with Crippen LogP contribution in [-0.4, -0.2) is 27.8 Å². The monoisotopic (exact) mass is 442 g/mol. The molecule has 9 heteroatoms. The molecular formula is C22H20ClFN4O3. The molecule has 0 atom stereocenters. The van der Waals surface area contributed by atoms with Crippen LogP contribution in [0, 0.1) is 17.1 Å². The number of ether oxygens (including phenoxy) is 1. The number of aromatic nitrogens is 2. The smallest absolute Gasteiger partial charge is 0.417 e. The van der Waals surface area contributed by atoms with Gasteiger partial charge in [-0.1, -0.05) is 17.7 Å². The summed E-state index contributed by atoms with van der Waals surface area (Å²) in [6, 6.07) is 10.1. The summed E-state index contributed by atoms with van der Waals surface area (Å²) in [5, 5.41) is 9.50. The quantitative estimate of drug-likeness (QED) is 0.580. The van der Waals surface area contributed by atoms with Gasteiger partial charge < -0.3 is 4.74 Å². The molecule has 0 aliphatic heterocycles. The third kappa shape index (κ3) is 4.52. The van der Waals surface area contributed by atoms with E-state index < -0.39 is 23.1 Å². The SMILES string of the molecule is CCN(C(=O)OC(C)(C)C)c1nc2cccc(Cl)c2c(=O)n1-c1cc(F)cc(C#N)c1. The van der Waals surface area contributed by atoms with Crippen LogP contribution in [0.2, 0.25) is 5.02 Å². The molecule has 0 radical (unpaired) electrons. The van der Waals surface area contributed by atoms with E-state index in [1.165, 1.54) is 17.0 Å². The zero-order valence-corrected chi connectivity index (χ0v) is 18.2. The molecule has 7 nitrogen and oxygen atoms in total. The molecule has 0 aliphatic carbocycles. The normalized spacial score (nSPS) is 11.3. The Morgan fingerprint density at radius 3 is 2.65 bits per heavy atom. The molecule has 1 amide bonds. The predicted octanol–water partition coefficient (Wildman–Crippen LogP) is 4.81. The second-order valence-corrected chi connectivity index (χ2v) is 8.13. The lowest BCUT2D eigenvalue weighted by molar-refractivity contribution is 0.0579. The highest BCUT2D eigenvalue weighted by Crippen LogP contribution is 2.26. The highest BCUT2D eigenvalue weighted by atomic mass is 35.5. The molecule has 0 spiro atoms. The number of halogens is 2. The molecule has 3 rings (SSSR count). The van der Waals surface area contributed by atoms with Gasteiger partial charge in [-0.25, -0.2) is 23.6 Å². The second kappa shape index (κ2) is 8.36. The van der Waals surface area contributed by atoms with E-state index in [-0.39, 0.29) is 39.7 Å². The van der Waals surface area contributed by atoms with Crippen LogP contribution in [0.5, 0.6) is 0 Å². The molecule has 1 aromatic heterocycles. The molecule has 2 aromatic carbocycles. The van der Waals surface area contributed by atoms with Crippen LogP contribution in [0.4, 0.5) is 15.1 Å². The van der Waals surface area contributed by atoms with Gasteiger partial charge in [0.15, 0.2) is 0 Å². The van der Waals surface area contributed by atoms with E-state index in [9.17, 15) is 19.2 Å². The van der Waals surface area contributed by atoms with E-state index >= 15 is 0 Å². The fraction of sp³-hybridized carbons (Fsp3) is 0.273. The van der Waals surface area contributed by atoms with Crippen LogP contribution >= 0.6 is 11.6 Å². The van der Waals surface area contributed by atoms with E-state index in [1.807, 2.05) is 6.07 Å². The van der Waals surface area contributed by atoms with Crippen molar-refractivity contribution in [1.82, 2.24) is 9.55 Å². The first kappa shape index (κ1) is 22.2. The van der Waals surface area contributed by atoms with Crippen LogP contribution < -0.4 is 10.5 Å². The lowest BCUT2D eigenvalue weighted by Crippen LogP contribution is -2.40. The lowest BCUT2D eigenvalue weighted by atomic mass is 10.2. The minimum absolute atomic E-state index is 0.00687. The molecule has 0 unspecified atom stereocenters. The first-order valence-corrected chi connectivity index (χ1v) is 9.86. The molecule has 31 heavy (non-hydrogen) atoms. The Balaban J connectivity index is 2.39. The van der Waals surface area contributed by atoms with Crippen molar-refractivity contribution < 1.29 is 13.9 Å². The maximum atomic E-state index is 14.2. The van der Waals surface area contributed by atoms with Crippen LogP contribution in [0.25, 0.3) is 16.6 Å². The Hall–Kier alpha value is -3.44. The summed E-state index contributed by atoms with van der Waals surface area (Å²) in [5.74, 6) is -0.794. The Kier molecular flexibility index (Phi) is 6.00. The number of fused-ring (bicyclic) bond motifs is 1. The number of nitriles is 1. The standard InChI is InChI=1S/C22H20ClFN4O3/c1-5-27(21(30)31-22(2,3)4)20-26-17-8-6-7-16(23)18(17)19(29)28(20)15-10-13(12-25)9-14(24)11-15/h6-11H,5H2,1-4H3. The minimum Gasteiger partial charge on any atom is -0.443 e. The van der Waals surface area contributed by atoms with Crippen molar-refractivity contribution in [1.29, 1.82) is 5.26 Å². The van der Waals surface area contributed by atoms with Gasteiger partial charge in [-0.05, 0) is 58.0 Å². The maximum absolute atomic E-state index is 14.2. The molecule has 0 aliphatic rings. The third-order valence-electron chi connectivity index (χ3n) is 4.27. The number of nitrogens with zero attached hydrogens (tertiary/aromatic N) is 4. The Morgan fingerprint density at radius 2 is 2.03 bits per heavy atom. The van der Waals surface area contributed by atoms with Gasteiger partial charge in [0.05, 0.1) is 33.2 Å². The number of carbonyl (C=O) groups is 1. The highest BCUT2D eigenvalue weighted by molar-refractivity contribution is 6.35. The van der Waals surface area contributed by atoms with E-state index in [4.69, 9.17) is 16.3 Å². The summed E-state index contributed by atoms with van der Waals surface area (Å²) in [6.45, 7) is 6.95. The lowest BCUT2D eigenvalue weighted by Gasteiger charge is -2.27. The van der Waals surface area contributed by atoms with Gasteiger partial charge in [-0.2, -0.15) is 5.26 Å². The fourth-order valence-electron chi connectivity index (χ4n) is 3.03. The summed E-state index contributed by atoms with van der Waals surface area (Å²) in [6.07, 6.45) is -0.728. The van der Waals surface area contributed by atoms with Crippen molar-refractivity contribution in [3.8, 4) is 11.8 Å². The number of carbonyl (C=O) groups excluding carboxylic acids is 1. The number of amides is 1. The number of rotatable bonds is 3. The van der Waals surface area contributed by atoms with Gasteiger partial charge in [0.25, 0.3) is 5.56 Å². The number of hydrogen-bond donors (Lipinski definition) is 0. The van der Waals surface area contributed by atoms with Crippen LogP contribution in [0.1, 0.15) is 33.3 Å². The molecule has 0 bridgehead atoms. The first-order valence-electron chi connectivity index (χ1n) is 9.48. The zero-order chi connectivity index (χ0) is 22.9. The Bertz CT molecular complexity index is 1270. The fourth-order valence-corrected chi connectivity index (χ4v) is 3.28. The van der Waals surface area contributed by atoms with Crippen LogP contribution in [-0.2, 0) is 4.74 Å². The number of benzene rings is 2. The van der Waals surface area contributed by atoms with Gasteiger partial charge >= 0.3 is 6.09 Å². The molecule has 0 saturated heterocycles. The van der Waals surface area contributed by atoms with Gasteiger partial charge in [-0.3, -0.25) is 4.79 Å². The third-order valence-corrected chi connectivity index (χ3v) is 4.59. The van der Waals surface area contributed by atoms with E-state index in [1.54, 1.807) is 39.8 Å². The van der Waals surface area contributed by atoms with Crippen molar-refractivity contribution in [3.63, 3.8) is 0 Å². The van der Waals surface area contributed by atoms with Crippen molar-refractivity contribution in [2.45, 2.75) is 33.3 Å². The van der Waals surface area contributed by atoms with E-state index in [2.05, 4.69) is 4.98 Å². The van der Waals surface area contributed by atoms with Gasteiger partial charge in [0, 0.05) is 6.54 Å². The van der Waals surface area contributed by atoms with Crippen molar-refractivity contribution in [3.05, 3.63) is 63.2 Å². The summed E-state index contributed by atoms with van der Waals surface area (Å²) < 4.78 is 20.7. The molecular weight excluding hydrogens is 423 g/mol. The van der Waals surface area contributed by atoms with Crippen LogP contribution in [0.15, 0.2) is 41.2 Å². The van der Waals surface area contributed by atoms with Crippen molar-refractivity contribution in [2.24, 2.45) is 0 Å². The summed E-state index contributed by atoms with van der Waals surface area (Å²) in [7, 11) is 0. The molecule has 0 fully saturated rings. The summed E-state index contributed by atoms with van der Waals surface area (Å²) >= 11 is 6.24. The molecule has 0 saturated carbocycles. The van der Waals surface area contributed by atoms with Gasteiger partial charge in [0.1, 0.15) is 11.4 Å².